The molecule has 0 saturated heterocycles. The molecule has 0 amide bonds. The lowest BCUT2D eigenvalue weighted by Crippen LogP contribution is -2.21. The van der Waals surface area contributed by atoms with Crippen LogP contribution in [0.2, 0.25) is 0 Å². The van der Waals surface area contributed by atoms with Crippen LogP contribution in [0.1, 0.15) is 81.9 Å². The molecule has 2 heteroatoms. The van der Waals surface area contributed by atoms with Crippen LogP contribution >= 0.6 is 0 Å². The highest BCUT2D eigenvalue weighted by Gasteiger charge is 2.61. The minimum Gasteiger partial charge on any atom is -0.490 e. The second kappa shape index (κ2) is 6.30. The van der Waals surface area contributed by atoms with Gasteiger partial charge in [-0.2, -0.15) is 0 Å². The van der Waals surface area contributed by atoms with Gasteiger partial charge in [-0.25, -0.2) is 0 Å². The van der Waals surface area contributed by atoms with E-state index in [-0.39, 0.29) is 12.7 Å². The third kappa shape index (κ3) is 3.12. The molecule has 0 aromatic heterocycles. The van der Waals surface area contributed by atoms with Gasteiger partial charge in [0.15, 0.2) is 0 Å². The molecule has 1 aromatic carbocycles. The average Bonchev–Trinajstić information content (AvgIpc) is 3.07. The Hall–Kier alpha value is -1.02. The van der Waals surface area contributed by atoms with Gasteiger partial charge in [0.2, 0.25) is 0 Å². The van der Waals surface area contributed by atoms with Crippen LogP contribution in [0.25, 0.3) is 0 Å². The van der Waals surface area contributed by atoms with Crippen molar-refractivity contribution in [3.63, 3.8) is 0 Å². The Morgan fingerprint density at radius 1 is 1.20 bits per heavy atom. The highest BCUT2D eigenvalue weighted by atomic mass is 16.5. The van der Waals surface area contributed by atoms with Crippen LogP contribution in [0.3, 0.4) is 0 Å². The summed E-state index contributed by atoms with van der Waals surface area (Å²) in [5.41, 5.74) is 4.30. The zero-order chi connectivity index (χ0) is 17.8. The normalized spacial score (nSPS) is 36.7. The summed E-state index contributed by atoms with van der Waals surface area (Å²) in [5.74, 6) is 4.25. The molecule has 1 aromatic rings. The van der Waals surface area contributed by atoms with Crippen molar-refractivity contribution in [1.29, 1.82) is 0 Å². The SMILES string of the molecule is Cc1cc(CO)c(OC(C)C)c(C2CCC(C)CC34CC2CC3C4)c1. The Bertz CT molecular complexity index is 650. The van der Waals surface area contributed by atoms with E-state index in [2.05, 4.69) is 39.8 Å². The fourth-order valence-corrected chi connectivity index (χ4v) is 6.18. The smallest absolute Gasteiger partial charge is 0.128 e. The Morgan fingerprint density at radius 3 is 2.72 bits per heavy atom. The minimum absolute atomic E-state index is 0.0666. The van der Waals surface area contributed by atoms with Crippen molar-refractivity contribution in [3.8, 4) is 5.75 Å². The van der Waals surface area contributed by atoms with Crippen molar-refractivity contribution in [2.75, 3.05) is 0 Å². The predicted molar refractivity (Wildman–Crippen MR) is 102 cm³/mol. The van der Waals surface area contributed by atoms with Crippen LogP contribution in [0.4, 0.5) is 0 Å². The van der Waals surface area contributed by atoms with E-state index in [1.807, 2.05) is 0 Å². The first-order valence-corrected chi connectivity index (χ1v) is 10.3. The van der Waals surface area contributed by atoms with Gasteiger partial charge in [0.05, 0.1) is 12.7 Å². The Morgan fingerprint density at radius 2 is 2.00 bits per heavy atom. The van der Waals surface area contributed by atoms with Crippen molar-refractivity contribution < 1.29 is 9.84 Å². The molecular formula is C23H34O2. The highest BCUT2D eigenvalue weighted by Crippen LogP contribution is 2.71. The van der Waals surface area contributed by atoms with E-state index < -0.39 is 0 Å². The molecule has 2 bridgehead atoms. The summed E-state index contributed by atoms with van der Waals surface area (Å²) < 4.78 is 6.26. The van der Waals surface area contributed by atoms with Gasteiger partial charge in [-0.05, 0) is 87.5 Å². The largest absolute Gasteiger partial charge is 0.490 e. The van der Waals surface area contributed by atoms with Crippen LogP contribution in [0.15, 0.2) is 12.1 Å². The molecule has 3 aliphatic carbocycles. The first kappa shape index (κ1) is 17.4. The Labute approximate surface area is 153 Å². The van der Waals surface area contributed by atoms with Gasteiger partial charge < -0.3 is 9.84 Å². The number of aryl methyl sites for hydroxylation is 1. The molecule has 5 atom stereocenters. The van der Waals surface area contributed by atoms with Gasteiger partial charge in [-0.3, -0.25) is 0 Å². The summed E-state index contributed by atoms with van der Waals surface area (Å²) in [6, 6.07) is 4.45. The molecule has 0 aliphatic heterocycles. The number of rotatable bonds is 4. The highest BCUT2D eigenvalue weighted by molar-refractivity contribution is 5.47. The lowest BCUT2D eigenvalue weighted by atomic mass is 9.73. The van der Waals surface area contributed by atoms with Gasteiger partial charge in [0, 0.05) is 5.56 Å². The van der Waals surface area contributed by atoms with Crippen molar-refractivity contribution in [2.24, 2.45) is 23.2 Å². The molecule has 3 aliphatic rings. The van der Waals surface area contributed by atoms with Crippen LogP contribution in [-0.4, -0.2) is 11.2 Å². The maximum absolute atomic E-state index is 9.92. The molecule has 0 radical (unpaired) electrons. The lowest BCUT2D eigenvalue weighted by molar-refractivity contribution is 0.212. The van der Waals surface area contributed by atoms with E-state index >= 15 is 0 Å². The zero-order valence-electron chi connectivity index (χ0n) is 16.3. The number of aliphatic hydroxyl groups is 1. The molecule has 5 unspecified atom stereocenters. The van der Waals surface area contributed by atoms with E-state index in [1.165, 1.54) is 49.7 Å². The molecule has 4 rings (SSSR count). The molecule has 1 N–H and O–H groups in total. The van der Waals surface area contributed by atoms with Gasteiger partial charge in [0.1, 0.15) is 5.75 Å². The lowest BCUT2D eigenvalue weighted by Gasteiger charge is -2.33. The third-order valence-corrected chi connectivity index (χ3v) is 7.17. The van der Waals surface area contributed by atoms with Crippen LogP contribution in [0.5, 0.6) is 5.75 Å². The molecule has 25 heavy (non-hydrogen) atoms. The van der Waals surface area contributed by atoms with E-state index in [0.717, 1.165) is 29.1 Å². The summed E-state index contributed by atoms with van der Waals surface area (Å²) in [4.78, 5) is 0. The maximum atomic E-state index is 9.92. The standard InChI is InChI=1S/C23H34O2/c1-14(2)25-22-18(13-24)7-16(4)8-21(22)20-6-5-15(3)10-23-11-17(20)9-19(23)12-23/h7-8,14-15,17,19-20,24H,5-6,9-13H2,1-4H3. The van der Waals surface area contributed by atoms with Gasteiger partial charge in [-0.15, -0.1) is 0 Å². The Kier molecular flexibility index (Phi) is 4.38. The quantitative estimate of drug-likeness (QED) is 0.772. The number of fused-ring (bicyclic) bond motifs is 1. The third-order valence-electron chi connectivity index (χ3n) is 7.17. The topological polar surface area (TPSA) is 29.5 Å². The monoisotopic (exact) mass is 342 g/mol. The number of benzene rings is 1. The average molecular weight is 343 g/mol. The minimum atomic E-state index is 0.0666. The summed E-state index contributed by atoms with van der Waals surface area (Å²) in [6.45, 7) is 8.86. The molecular weight excluding hydrogens is 308 g/mol. The summed E-state index contributed by atoms with van der Waals surface area (Å²) in [6.07, 6.45) is 8.55. The molecule has 0 heterocycles. The fourth-order valence-electron chi connectivity index (χ4n) is 6.18. The molecule has 3 fully saturated rings. The van der Waals surface area contributed by atoms with Crippen LogP contribution < -0.4 is 4.74 Å². The Balaban J connectivity index is 1.73. The van der Waals surface area contributed by atoms with Gasteiger partial charge in [0.25, 0.3) is 0 Å². The number of ether oxygens (including phenoxy) is 1. The molecule has 2 nitrogen and oxygen atoms in total. The number of hydrogen-bond acceptors (Lipinski definition) is 2. The van der Waals surface area contributed by atoms with Crippen molar-refractivity contribution >= 4 is 0 Å². The first-order valence-electron chi connectivity index (χ1n) is 10.3. The summed E-state index contributed by atoms with van der Waals surface area (Å²) in [5, 5.41) is 9.92. The first-order chi connectivity index (χ1) is 11.9. The van der Waals surface area contributed by atoms with E-state index in [1.54, 1.807) is 0 Å². The van der Waals surface area contributed by atoms with Crippen molar-refractivity contribution in [2.45, 2.75) is 84.8 Å². The molecule has 138 valence electrons. The maximum Gasteiger partial charge on any atom is 0.128 e. The summed E-state index contributed by atoms with van der Waals surface area (Å²) in [7, 11) is 0. The zero-order valence-corrected chi connectivity index (χ0v) is 16.3. The van der Waals surface area contributed by atoms with Crippen LogP contribution in [-0.2, 0) is 6.61 Å². The van der Waals surface area contributed by atoms with E-state index in [4.69, 9.17) is 4.74 Å². The summed E-state index contributed by atoms with van der Waals surface area (Å²) >= 11 is 0. The molecule has 3 saturated carbocycles. The molecule has 1 spiro atoms. The van der Waals surface area contributed by atoms with Crippen molar-refractivity contribution in [1.82, 2.24) is 0 Å². The second-order valence-corrected chi connectivity index (χ2v) is 9.62. The van der Waals surface area contributed by atoms with E-state index in [9.17, 15) is 5.11 Å². The second-order valence-electron chi connectivity index (χ2n) is 9.62. The van der Waals surface area contributed by atoms with E-state index in [0.29, 0.717) is 11.3 Å². The van der Waals surface area contributed by atoms with Crippen LogP contribution in [0, 0.1) is 30.1 Å². The van der Waals surface area contributed by atoms with Gasteiger partial charge >= 0.3 is 0 Å². The van der Waals surface area contributed by atoms with Crippen molar-refractivity contribution in [3.05, 3.63) is 28.8 Å². The predicted octanol–water partition coefficient (Wildman–Crippen LogP) is 5.59. The van der Waals surface area contributed by atoms with Gasteiger partial charge in [-0.1, -0.05) is 31.0 Å². The fraction of sp³-hybridized carbons (Fsp3) is 0.739. The number of aliphatic hydroxyl groups excluding tert-OH is 1. The number of hydrogen-bond donors (Lipinski definition) is 1.